The molecule has 6 heteroatoms. The molecule has 0 spiro atoms. The van der Waals surface area contributed by atoms with Crippen LogP contribution in [0.3, 0.4) is 0 Å². The Morgan fingerprint density at radius 1 is 0.909 bits per heavy atom. The van der Waals surface area contributed by atoms with E-state index < -0.39 is 36.0 Å². The molecule has 2 rings (SSSR count). The molecule has 2 unspecified atom stereocenters. The zero-order chi connectivity index (χ0) is 16.4. The molecule has 0 bridgehead atoms. The second-order valence-corrected chi connectivity index (χ2v) is 5.23. The lowest BCUT2D eigenvalue weighted by atomic mass is 9.58. The Morgan fingerprint density at radius 3 is 1.59 bits per heavy atom. The number of hydrogen-bond donors (Lipinski definition) is 2. The Bertz CT molecular complexity index is 533. The fourth-order valence-corrected chi connectivity index (χ4v) is 2.91. The van der Waals surface area contributed by atoms with Gasteiger partial charge in [-0.3, -0.25) is 9.59 Å². The van der Waals surface area contributed by atoms with Crippen LogP contribution in [-0.4, -0.2) is 35.4 Å². The summed E-state index contributed by atoms with van der Waals surface area (Å²) in [6.45, 7) is 3.66. The van der Waals surface area contributed by atoms with Crippen molar-refractivity contribution in [3.8, 4) is 0 Å². The maximum absolute atomic E-state index is 11.8. The van der Waals surface area contributed by atoms with E-state index in [1.807, 2.05) is 0 Å². The Balaban J connectivity index is 2.33. The van der Waals surface area contributed by atoms with Crippen LogP contribution in [0.5, 0.6) is 0 Å². The van der Waals surface area contributed by atoms with Gasteiger partial charge in [0.25, 0.3) is 0 Å². The summed E-state index contributed by atoms with van der Waals surface area (Å²) >= 11 is 0. The first kappa shape index (κ1) is 16.5. The van der Waals surface area contributed by atoms with Crippen LogP contribution in [-0.2, 0) is 30.3 Å². The highest BCUT2D eigenvalue weighted by Crippen LogP contribution is 2.56. The van der Waals surface area contributed by atoms with Crippen molar-refractivity contribution in [2.24, 2.45) is 0 Å². The van der Waals surface area contributed by atoms with Gasteiger partial charge in [0.15, 0.2) is 0 Å². The summed E-state index contributed by atoms with van der Waals surface area (Å²) in [5.74, 6) is -1.27. The molecule has 0 fully saturated rings. The van der Waals surface area contributed by atoms with Crippen LogP contribution in [0, 0.1) is 0 Å². The van der Waals surface area contributed by atoms with Gasteiger partial charge in [0.1, 0.15) is 11.2 Å². The highest BCUT2D eigenvalue weighted by molar-refractivity contribution is 5.77. The molecule has 6 nitrogen and oxygen atoms in total. The van der Waals surface area contributed by atoms with Crippen molar-refractivity contribution in [1.82, 2.24) is 0 Å². The maximum atomic E-state index is 11.8. The third kappa shape index (κ3) is 2.48. The Labute approximate surface area is 128 Å². The standard InChI is InChI=1S/C16H20O6/c1-3-21-13(17)9-15(19)11-7-5-6-8-12(11)16(15,20)10-14(18)22-4-2/h5-8,19-20H,3-4,9-10H2,1-2H3. The number of fused-ring (bicyclic) bond motifs is 1. The molecule has 2 atom stereocenters. The molecule has 0 aromatic heterocycles. The second kappa shape index (κ2) is 6.06. The summed E-state index contributed by atoms with van der Waals surface area (Å²) in [5.41, 5.74) is -2.87. The minimum Gasteiger partial charge on any atom is -0.466 e. The molecule has 0 heterocycles. The van der Waals surface area contributed by atoms with E-state index in [1.165, 1.54) is 0 Å². The summed E-state index contributed by atoms with van der Waals surface area (Å²) in [5, 5.41) is 21.7. The lowest BCUT2D eigenvalue weighted by Crippen LogP contribution is -2.60. The van der Waals surface area contributed by atoms with Gasteiger partial charge in [-0.1, -0.05) is 24.3 Å². The average molecular weight is 308 g/mol. The van der Waals surface area contributed by atoms with E-state index >= 15 is 0 Å². The molecule has 0 saturated carbocycles. The normalized spacial score (nSPS) is 25.8. The van der Waals surface area contributed by atoms with Crippen molar-refractivity contribution in [3.05, 3.63) is 35.4 Å². The summed E-state index contributed by atoms with van der Waals surface area (Å²) < 4.78 is 9.70. The quantitative estimate of drug-likeness (QED) is 0.761. The van der Waals surface area contributed by atoms with E-state index in [4.69, 9.17) is 9.47 Å². The van der Waals surface area contributed by atoms with Crippen LogP contribution in [0.4, 0.5) is 0 Å². The van der Waals surface area contributed by atoms with Crippen molar-refractivity contribution in [2.45, 2.75) is 37.9 Å². The third-order valence-corrected chi connectivity index (χ3v) is 3.91. The van der Waals surface area contributed by atoms with Crippen LogP contribution < -0.4 is 0 Å². The fraction of sp³-hybridized carbons (Fsp3) is 0.500. The number of hydrogen-bond acceptors (Lipinski definition) is 6. The number of benzene rings is 1. The zero-order valence-electron chi connectivity index (χ0n) is 12.7. The lowest BCUT2D eigenvalue weighted by molar-refractivity contribution is -0.215. The predicted molar refractivity (Wildman–Crippen MR) is 76.7 cm³/mol. The van der Waals surface area contributed by atoms with Gasteiger partial charge in [-0.2, -0.15) is 0 Å². The van der Waals surface area contributed by atoms with Gasteiger partial charge in [0.05, 0.1) is 26.1 Å². The second-order valence-electron chi connectivity index (χ2n) is 5.23. The van der Waals surface area contributed by atoms with Crippen molar-refractivity contribution in [3.63, 3.8) is 0 Å². The number of esters is 2. The van der Waals surface area contributed by atoms with Gasteiger partial charge < -0.3 is 19.7 Å². The molecule has 0 amide bonds. The van der Waals surface area contributed by atoms with E-state index in [0.717, 1.165) is 0 Å². The van der Waals surface area contributed by atoms with Gasteiger partial charge in [0.2, 0.25) is 0 Å². The monoisotopic (exact) mass is 308 g/mol. The molecule has 0 aliphatic heterocycles. The molecule has 0 saturated heterocycles. The highest BCUT2D eigenvalue weighted by Gasteiger charge is 2.63. The van der Waals surface area contributed by atoms with Crippen molar-refractivity contribution in [1.29, 1.82) is 0 Å². The number of ether oxygens (including phenoxy) is 2. The fourth-order valence-electron chi connectivity index (χ4n) is 2.91. The minimum absolute atomic E-state index is 0.173. The first-order valence-electron chi connectivity index (χ1n) is 7.25. The molecular formula is C16H20O6. The first-order valence-corrected chi connectivity index (χ1v) is 7.25. The summed E-state index contributed by atoms with van der Waals surface area (Å²) in [6.07, 6.45) is -0.846. The van der Waals surface area contributed by atoms with Crippen molar-refractivity contribution >= 4 is 11.9 Å². The number of carbonyl (C=O) groups is 2. The maximum Gasteiger partial charge on any atom is 0.309 e. The molecular weight excluding hydrogens is 288 g/mol. The Kier molecular flexibility index (Phi) is 4.53. The average Bonchev–Trinajstić information content (AvgIpc) is 2.47. The third-order valence-electron chi connectivity index (χ3n) is 3.91. The summed E-state index contributed by atoms with van der Waals surface area (Å²) in [4.78, 5) is 23.5. The largest absolute Gasteiger partial charge is 0.466 e. The van der Waals surface area contributed by atoms with Gasteiger partial charge in [-0.05, 0) is 25.0 Å². The van der Waals surface area contributed by atoms with Crippen LogP contribution in [0.2, 0.25) is 0 Å². The highest BCUT2D eigenvalue weighted by atomic mass is 16.5. The molecule has 22 heavy (non-hydrogen) atoms. The van der Waals surface area contributed by atoms with Crippen molar-refractivity contribution < 1.29 is 29.3 Å². The number of rotatable bonds is 6. The SMILES string of the molecule is CCOC(=O)CC1(O)c2ccccc2C1(O)CC(=O)OCC. The Morgan fingerprint density at radius 2 is 1.27 bits per heavy atom. The molecule has 1 aliphatic carbocycles. The Hall–Kier alpha value is -1.92. The van der Waals surface area contributed by atoms with E-state index in [9.17, 15) is 19.8 Å². The van der Waals surface area contributed by atoms with Crippen molar-refractivity contribution in [2.75, 3.05) is 13.2 Å². The van der Waals surface area contributed by atoms with Crippen LogP contribution in [0.15, 0.2) is 24.3 Å². The minimum atomic E-state index is -1.86. The molecule has 1 aromatic rings. The number of aliphatic hydroxyl groups is 2. The van der Waals surface area contributed by atoms with E-state index in [1.54, 1.807) is 38.1 Å². The molecule has 0 radical (unpaired) electrons. The predicted octanol–water partition coefficient (Wildman–Crippen LogP) is 0.982. The zero-order valence-corrected chi connectivity index (χ0v) is 12.7. The van der Waals surface area contributed by atoms with E-state index in [2.05, 4.69) is 0 Å². The molecule has 120 valence electrons. The molecule has 2 N–H and O–H groups in total. The van der Waals surface area contributed by atoms with Crippen LogP contribution >= 0.6 is 0 Å². The van der Waals surface area contributed by atoms with Crippen LogP contribution in [0.1, 0.15) is 37.8 Å². The summed E-state index contributed by atoms with van der Waals surface area (Å²) in [7, 11) is 0. The smallest absolute Gasteiger partial charge is 0.309 e. The molecule has 1 aromatic carbocycles. The topological polar surface area (TPSA) is 93.1 Å². The van der Waals surface area contributed by atoms with Gasteiger partial charge in [-0.15, -0.1) is 0 Å². The van der Waals surface area contributed by atoms with Gasteiger partial charge in [-0.25, -0.2) is 0 Å². The lowest BCUT2D eigenvalue weighted by Gasteiger charge is -2.53. The first-order chi connectivity index (χ1) is 10.4. The van der Waals surface area contributed by atoms with Gasteiger partial charge >= 0.3 is 11.9 Å². The van der Waals surface area contributed by atoms with Crippen LogP contribution in [0.25, 0.3) is 0 Å². The van der Waals surface area contributed by atoms with E-state index in [-0.39, 0.29) is 13.2 Å². The number of carbonyl (C=O) groups excluding carboxylic acids is 2. The van der Waals surface area contributed by atoms with Gasteiger partial charge in [0, 0.05) is 0 Å². The van der Waals surface area contributed by atoms with E-state index in [0.29, 0.717) is 11.1 Å². The summed E-state index contributed by atoms with van der Waals surface area (Å²) in [6, 6.07) is 6.63. The molecule has 1 aliphatic rings.